The van der Waals surface area contributed by atoms with Gasteiger partial charge in [-0.15, -0.1) is 13.2 Å². The van der Waals surface area contributed by atoms with Gasteiger partial charge in [0.15, 0.2) is 0 Å². The van der Waals surface area contributed by atoms with Crippen molar-refractivity contribution in [1.29, 1.82) is 0 Å². The predicted molar refractivity (Wildman–Crippen MR) is 48.8 cm³/mol. The van der Waals surface area contributed by atoms with Gasteiger partial charge < -0.3 is 9.47 Å². The molecule has 0 unspecified atom stereocenters. The van der Waals surface area contributed by atoms with Crippen LogP contribution >= 0.6 is 0 Å². The van der Waals surface area contributed by atoms with Crippen LogP contribution in [0.5, 0.6) is 11.5 Å². The average Bonchev–Trinajstić information content (AvgIpc) is 2.19. The molecule has 0 fully saturated rings. The molecule has 6 heteroatoms. The molecule has 1 radical (unpaired) electrons. The summed E-state index contributed by atoms with van der Waals surface area (Å²) in [7, 11) is 0. The molecule has 0 atom stereocenters. The lowest BCUT2D eigenvalue weighted by molar-refractivity contribution is -0.274. The lowest BCUT2D eigenvalue weighted by Crippen LogP contribution is -2.16. The minimum Gasteiger partial charge on any atom is -0.494 e. The predicted octanol–water partition coefficient (Wildman–Crippen LogP) is 2.78. The van der Waals surface area contributed by atoms with Crippen molar-refractivity contribution in [3.63, 3.8) is 0 Å². The summed E-state index contributed by atoms with van der Waals surface area (Å²) in [6.45, 7) is 0.0121. The number of rotatable bonds is 5. The average molecular weight is 235 g/mol. The van der Waals surface area contributed by atoms with Gasteiger partial charge in [0, 0.05) is 6.42 Å². The zero-order valence-corrected chi connectivity index (χ0v) is 8.29. The van der Waals surface area contributed by atoms with E-state index in [2.05, 4.69) is 4.74 Å². The highest BCUT2D eigenvalue weighted by Gasteiger charge is 2.30. The molecule has 89 valence electrons. The Hall–Kier alpha value is -1.43. The molecule has 0 aliphatic rings. The van der Waals surface area contributed by atoms with Crippen molar-refractivity contribution in [2.45, 2.75) is 12.8 Å². The lowest BCUT2D eigenvalue weighted by Gasteiger charge is -2.09. The standard InChI is InChI=1S/C10H10F3O3/c11-10(12,13)16-9-4-2-8(3-5-9)15-7-1-6-14/h2-5H,1,6-7H2. The van der Waals surface area contributed by atoms with Crippen LogP contribution in [0.15, 0.2) is 24.3 Å². The molecule has 0 aromatic heterocycles. The molecule has 0 bridgehead atoms. The second kappa shape index (κ2) is 5.60. The Morgan fingerprint density at radius 1 is 1.06 bits per heavy atom. The molecule has 0 N–H and O–H groups in total. The molecule has 1 aromatic rings. The second-order valence-corrected chi connectivity index (χ2v) is 2.93. The molecule has 0 spiro atoms. The van der Waals surface area contributed by atoms with E-state index in [0.29, 0.717) is 12.2 Å². The van der Waals surface area contributed by atoms with Crippen LogP contribution < -0.4 is 9.47 Å². The Bertz CT molecular complexity index is 308. The number of hydrogen-bond donors (Lipinski definition) is 0. The van der Waals surface area contributed by atoms with Gasteiger partial charge in [0.05, 0.1) is 13.2 Å². The van der Waals surface area contributed by atoms with E-state index in [0.717, 1.165) is 12.1 Å². The largest absolute Gasteiger partial charge is 0.573 e. The Morgan fingerprint density at radius 3 is 2.12 bits per heavy atom. The van der Waals surface area contributed by atoms with Gasteiger partial charge in [0.1, 0.15) is 11.5 Å². The quantitative estimate of drug-likeness (QED) is 0.736. The van der Waals surface area contributed by atoms with Crippen LogP contribution in [0, 0.1) is 0 Å². The normalized spacial score (nSPS) is 11.2. The van der Waals surface area contributed by atoms with Crippen LogP contribution in [0.1, 0.15) is 6.42 Å². The van der Waals surface area contributed by atoms with E-state index in [-0.39, 0.29) is 19.0 Å². The van der Waals surface area contributed by atoms with Gasteiger partial charge in [-0.05, 0) is 24.3 Å². The minimum absolute atomic E-state index is 0.241. The molecule has 0 amide bonds. The SMILES string of the molecule is [O]CCCOc1ccc(OC(F)(F)F)cc1. The van der Waals surface area contributed by atoms with Gasteiger partial charge in [-0.3, -0.25) is 0 Å². The fourth-order valence-corrected chi connectivity index (χ4v) is 0.986. The monoisotopic (exact) mass is 235 g/mol. The van der Waals surface area contributed by atoms with Gasteiger partial charge in [0.2, 0.25) is 0 Å². The third-order valence-electron chi connectivity index (χ3n) is 1.61. The zero-order chi connectivity index (χ0) is 12.0. The van der Waals surface area contributed by atoms with E-state index in [1.54, 1.807) is 0 Å². The van der Waals surface area contributed by atoms with E-state index >= 15 is 0 Å². The number of hydrogen-bond acceptors (Lipinski definition) is 2. The molecule has 0 aliphatic carbocycles. The summed E-state index contributed by atoms with van der Waals surface area (Å²) in [5.74, 6) is 0.103. The molecule has 1 aromatic carbocycles. The van der Waals surface area contributed by atoms with Crippen molar-refractivity contribution in [1.82, 2.24) is 0 Å². The number of benzene rings is 1. The van der Waals surface area contributed by atoms with Gasteiger partial charge in [-0.25, -0.2) is 5.11 Å². The first-order chi connectivity index (χ1) is 7.51. The van der Waals surface area contributed by atoms with E-state index < -0.39 is 6.36 Å². The lowest BCUT2D eigenvalue weighted by atomic mass is 10.3. The second-order valence-electron chi connectivity index (χ2n) is 2.93. The highest BCUT2D eigenvalue weighted by molar-refractivity contribution is 5.31. The summed E-state index contributed by atoms with van der Waals surface area (Å²) >= 11 is 0. The third-order valence-corrected chi connectivity index (χ3v) is 1.61. The number of ether oxygens (including phenoxy) is 2. The van der Waals surface area contributed by atoms with Crippen molar-refractivity contribution in [2.24, 2.45) is 0 Å². The molecule has 16 heavy (non-hydrogen) atoms. The van der Waals surface area contributed by atoms with Gasteiger partial charge in [0.25, 0.3) is 0 Å². The summed E-state index contributed by atoms with van der Waals surface area (Å²) in [4.78, 5) is 0. The fourth-order valence-electron chi connectivity index (χ4n) is 0.986. The molecule has 0 saturated carbocycles. The molecular weight excluding hydrogens is 225 g/mol. The van der Waals surface area contributed by atoms with Crippen LogP contribution in [-0.4, -0.2) is 19.6 Å². The van der Waals surface area contributed by atoms with Gasteiger partial charge >= 0.3 is 6.36 Å². The van der Waals surface area contributed by atoms with Crippen molar-refractivity contribution in [3.05, 3.63) is 24.3 Å². The molecule has 0 heterocycles. The molecular formula is C10H10F3O3. The van der Waals surface area contributed by atoms with Crippen molar-refractivity contribution in [3.8, 4) is 11.5 Å². The van der Waals surface area contributed by atoms with Crippen LogP contribution in [0.3, 0.4) is 0 Å². The summed E-state index contributed by atoms with van der Waals surface area (Å²) in [6, 6.07) is 5.01. The molecule has 0 aliphatic heterocycles. The van der Waals surface area contributed by atoms with Crippen LogP contribution in [0.4, 0.5) is 13.2 Å². The first-order valence-electron chi connectivity index (χ1n) is 4.58. The first kappa shape index (κ1) is 12.6. The smallest absolute Gasteiger partial charge is 0.494 e. The van der Waals surface area contributed by atoms with Crippen LogP contribution in [0.2, 0.25) is 0 Å². The van der Waals surface area contributed by atoms with Crippen molar-refractivity contribution >= 4 is 0 Å². The highest BCUT2D eigenvalue weighted by Crippen LogP contribution is 2.24. The van der Waals surface area contributed by atoms with Crippen molar-refractivity contribution in [2.75, 3.05) is 13.2 Å². The van der Waals surface area contributed by atoms with Crippen molar-refractivity contribution < 1.29 is 27.8 Å². The van der Waals surface area contributed by atoms with Crippen LogP contribution in [-0.2, 0) is 5.11 Å². The maximum absolute atomic E-state index is 11.8. The zero-order valence-electron chi connectivity index (χ0n) is 8.29. The van der Waals surface area contributed by atoms with Crippen LogP contribution in [0.25, 0.3) is 0 Å². The summed E-state index contributed by atoms with van der Waals surface area (Å²) in [6.07, 6.45) is -4.33. The summed E-state index contributed by atoms with van der Waals surface area (Å²) in [5.41, 5.74) is 0. The summed E-state index contributed by atoms with van der Waals surface area (Å²) in [5, 5.41) is 10.1. The molecule has 0 saturated heterocycles. The molecule has 1 rings (SSSR count). The Balaban J connectivity index is 2.48. The third kappa shape index (κ3) is 4.88. The Labute approximate surface area is 90.4 Å². The maximum Gasteiger partial charge on any atom is 0.573 e. The van der Waals surface area contributed by atoms with Gasteiger partial charge in [-0.1, -0.05) is 0 Å². The Morgan fingerprint density at radius 2 is 1.62 bits per heavy atom. The summed E-state index contributed by atoms with van der Waals surface area (Å²) < 4.78 is 44.2. The minimum atomic E-state index is -4.69. The Kier molecular flexibility index (Phi) is 4.42. The van der Waals surface area contributed by atoms with E-state index in [1.807, 2.05) is 0 Å². The fraction of sp³-hybridized carbons (Fsp3) is 0.400. The topological polar surface area (TPSA) is 38.4 Å². The number of halogens is 3. The van der Waals surface area contributed by atoms with E-state index in [9.17, 15) is 18.3 Å². The van der Waals surface area contributed by atoms with E-state index in [4.69, 9.17) is 4.74 Å². The van der Waals surface area contributed by atoms with E-state index in [1.165, 1.54) is 12.1 Å². The maximum atomic E-state index is 11.8. The first-order valence-corrected chi connectivity index (χ1v) is 4.58. The number of alkyl halides is 3. The van der Waals surface area contributed by atoms with Gasteiger partial charge in [-0.2, -0.15) is 0 Å². The molecule has 3 nitrogen and oxygen atoms in total. The highest BCUT2D eigenvalue weighted by atomic mass is 19.4.